The molecule has 3 aromatic rings. The number of piperidine rings is 1. The number of hydrogen-bond donors (Lipinski definition) is 3. The van der Waals surface area contributed by atoms with Gasteiger partial charge in [0.15, 0.2) is 17.4 Å². The molecule has 198 valence electrons. The first kappa shape index (κ1) is 26.5. The van der Waals surface area contributed by atoms with Crippen molar-refractivity contribution in [3.8, 4) is 22.9 Å². The predicted octanol–water partition coefficient (Wildman–Crippen LogP) is 3.87. The molecule has 2 aromatic heterocycles. The van der Waals surface area contributed by atoms with Crippen LogP contribution in [-0.4, -0.2) is 55.4 Å². The van der Waals surface area contributed by atoms with Crippen molar-refractivity contribution in [1.29, 1.82) is 0 Å². The molecule has 0 amide bonds. The van der Waals surface area contributed by atoms with Crippen molar-refractivity contribution in [2.45, 2.75) is 18.9 Å². The van der Waals surface area contributed by atoms with Gasteiger partial charge in [-0.1, -0.05) is 0 Å². The third-order valence-corrected chi connectivity index (χ3v) is 6.19. The summed E-state index contributed by atoms with van der Waals surface area (Å²) in [7, 11) is -4.07. The molecule has 1 aromatic carbocycles. The Hall–Kier alpha value is -3.52. The van der Waals surface area contributed by atoms with E-state index in [0.717, 1.165) is 13.0 Å². The molecule has 2 unspecified atom stereocenters. The second-order valence-electron chi connectivity index (χ2n) is 8.54. The Balaban J connectivity index is 1.59. The molecule has 0 aliphatic carbocycles. The second-order valence-corrected chi connectivity index (χ2v) is 10.3. The zero-order valence-electron chi connectivity index (χ0n) is 19.6. The fraction of sp³-hybridized carbons (Fsp3) is 0.348. The van der Waals surface area contributed by atoms with Crippen molar-refractivity contribution in [2.24, 2.45) is 5.92 Å². The van der Waals surface area contributed by atoms with Gasteiger partial charge in [0.1, 0.15) is 5.69 Å². The molecule has 1 saturated heterocycles. The van der Waals surface area contributed by atoms with E-state index in [9.17, 15) is 26.0 Å². The molecule has 4 rings (SSSR count). The summed E-state index contributed by atoms with van der Waals surface area (Å²) in [6.45, 7) is 1.00. The van der Waals surface area contributed by atoms with Gasteiger partial charge in [-0.3, -0.25) is 9.11 Å². The Kier molecular flexibility index (Phi) is 8.07. The summed E-state index contributed by atoms with van der Waals surface area (Å²) in [5.41, 5.74) is -0.545. The first-order valence-electron chi connectivity index (χ1n) is 11.3. The number of halogens is 4. The van der Waals surface area contributed by atoms with Gasteiger partial charge in [0, 0.05) is 31.0 Å². The molecular weight excluding hydrogens is 516 g/mol. The van der Waals surface area contributed by atoms with E-state index in [4.69, 9.17) is 4.74 Å². The van der Waals surface area contributed by atoms with E-state index in [1.807, 2.05) is 0 Å². The number of hydrogen-bond acceptors (Lipinski definition) is 8. The van der Waals surface area contributed by atoms with Crippen LogP contribution in [0.3, 0.4) is 0 Å². The summed E-state index contributed by atoms with van der Waals surface area (Å²) in [6.07, 6.45) is 4.70. The second kappa shape index (κ2) is 11.3. The van der Waals surface area contributed by atoms with Crippen LogP contribution >= 0.6 is 0 Å². The van der Waals surface area contributed by atoms with Crippen molar-refractivity contribution in [3.63, 3.8) is 0 Å². The highest BCUT2D eigenvalue weighted by molar-refractivity contribution is 7.92. The van der Waals surface area contributed by atoms with E-state index >= 15 is 0 Å². The lowest BCUT2D eigenvalue weighted by Crippen LogP contribution is -2.43. The Labute approximate surface area is 210 Å². The molecular formula is C23H24F4N6O3S. The van der Waals surface area contributed by atoms with Gasteiger partial charge in [-0.2, -0.15) is 4.39 Å². The molecule has 0 spiro atoms. The zero-order valence-corrected chi connectivity index (χ0v) is 20.5. The molecule has 1 fully saturated rings. The van der Waals surface area contributed by atoms with Crippen LogP contribution in [0.25, 0.3) is 11.3 Å². The highest BCUT2D eigenvalue weighted by Gasteiger charge is 2.25. The molecule has 0 radical (unpaired) electrons. The fourth-order valence-corrected chi connectivity index (χ4v) is 4.53. The number of rotatable bonds is 9. The van der Waals surface area contributed by atoms with Crippen molar-refractivity contribution in [3.05, 3.63) is 54.1 Å². The Bertz CT molecular complexity index is 1380. The van der Waals surface area contributed by atoms with Gasteiger partial charge >= 0.3 is 0 Å². The summed E-state index contributed by atoms with van der Waals surface area (Å²) in [4.78, 5) is 12.7. The topological polar surface area (TPSA) is 118 Å². The average molecular weight is 541 g/mol. The number of aromatic nitrogens is 3. The van der Waals surface area contributed by atoms with Crippen molar-refractivity contribution >= 4 is 21.7 Å². The largest absolute Gasteiger partial charge is 0.435 e. The maximum Gasteiger partial charge on any atom is 0.230 e. The lowest BCUT2D eigenvalue weighted by molar-refractivity contribution is 0.304. The SMILES string of the molecule is CS(=O)(=O)Nc1c(F)cc(Oc2ncccc2-c2ccnc(NC3CNCC(CCF)C3)n2)c(F)c1F. The standard InChI is InChI=1S/C23H24F4N6O3S/c1-37(34,35)33-21-16(25)10-18(19(26)20(21)27)36-22-15(3-2-7-29-22)17-5-8-30-23(32-17)31-14-9-13(4-6-24)11-28-12-14/h2-3,5,7-8,10,13-14,28,33H,4,6,9,11-12H2,1H3,(H,30,31,32). The van der Waals surface area contributed by atoms with E-state index in [2.05, 4.69) is 25.6 Å². The van der Waals surface area contributed by atoms with E-state index in [1.54, 1.807) is 22.9 Å². The van der Waals surface area contributed by atoms with Gasteiger partial charge < -0.3 is 15.4 Å². The van der Waals surface area contributed by atoms with Crippen LogP contribution in [0.2, 0.25) is 0 Å². The molecule has 2 atom stereocenters. The van der Waals surface area contributed by atoms with Crippen LogP contribution in [0.4, 0.5) is 29.2 Å². The molecule has 1 aliphatic heterocycles. The fourth-order valence-electron chi connectivity index (χ4n) is 3.97. The first-order valence-corrected chi connectivity index (χ1v) is 13.2. The monoisotopic (exact) mass is 540 g/mol. The first-order chi connectivity index (χ1) is 17.6. The van der Waals surface area contributed by atoms with Gasteiger partial charge in [0.2, 0.25) is 27.7 Å². The average Bonchev–Trinajstić information content (AvgIpc) is 2.85. The summed E-state index contributed by atoms with van der Waals surface area (Å²) >= 11 is 0. The van der Waals surface area contributed by atoms with Crippen LogP contribution in [0.1, 0.15) is 12.8 Å². The van der Waals surface area contributed by atoms with Crippen LogP contribution < -0.4 is 20.1 Å². The third kappa shape index (κ3) is 6.63. The summed E-state index contributed by atoms with van der Waals surface area (Å²) in [6, 6.07) is 5.18. The van der Waals surface area contributed by atoms with E-state index in [1.165, 1.54) is 12.4 Å². The number of alkyl halides is 1. The van der Waals surface area contributed by atoms with Crippen molar-refractivity contribution < 1.29 is 30.7 Å². The molecule has 37 heavy (non-hydrogen) atoms. The highest BCUT2D eigenvalue weighted by atomic mass is 32.2. The minimum atomic E-state index is -4.07. The molecule has 0 saturated carbocycles. The Morgan fingerprint density at radius 3 is 2.70 bits per heavy atom. The van der Waals surface area contributed by atoms with Crippen molar-refractivity contribution in [2.75, 3.05) is 36.1 Å². The molecule has 3 heterocycles. The van der Waals surface area contributed by atoms with Gasteiger partial charge in [-0.05, 0) is 43.5 Å². The molecule has 9 nitrogen and oxygen atoms in total. The van der Waals surface area contributed by atoms with Gasteiger partial charge in [-0.15, -0.1) is 0 Å². The normalized spacial score (nSPS) is 17.9. The Morgan fingerprint density at radius 1 is 1.14 bits per heavy atom. The number of nitrogens with zero attached hydrogens (tertiary/aromatic N) is 3. The molecule has 3 N–H and O–H groups in total. The minimum absolute atomic E-state index is 0.0238. The number of pyridine rings is 1. The van der Waals surface area contributed by atoms with Gasteiger partial charge in [-0.25, -0.2) is 32.2 Å². The number of ether oxygens (including phenoxy) is 1. The van der Waals surface area contributed by atoms with Crippen LogP contribution in [-0.2, 0) is 10.0 Å². The number of benzene rings is 1. The van der Waals surface area contributed by atoms with E-state index in [0.29, 0.717) is 36.9 Å². The van der Waals surface area contributed by atoms with Crippen LogP contribution in [0.5, 0.6) is 11.6 Å². The highest BCUT2D eigenvalue weighted by Crippen LogP contribution is 2.35. The molecule has 14 heteroatoms. The molecule has 0 bridgehead atoms. The lowest BCUT2D eigenvalue weighted by Gasteiger charge is -2.30. The number of anilines is 2. The van der Waals surface area contributed by atoms with E-state index < -0.39 is 38.9 Å². The summed E-state index contributed by atoms with van der Waals surface area (Å²) in [5, 5.41) is 6.47. The van der Waals surface area contributed by atoms with Crippen LogP contribution in [0, 0.1) is 23.4 Å². The summed E-state index contributed by atoms with van der Waals surface area (Å²) in [5.74, 6) is -5.31. The van der Waals surface area contributed by atoms with Crippen molar-refractivity contribution in [1.82, 2.24) is 20.3 Å². The third-order valence-electron chi connectivity index (χ3n) is 5.61. The molecule has 1 aliphatic rings. The number of nitrogens with one attached hydrogen (secondary N) is 3. The summed E-state index contributed by atoms with van der Waals surface area (Å²) < 4.78 is 85.9. The van der Waals surface area contributed by atoms with E-state index in [-0.39, 0.29) is 30.1 Å². The smallest absolute Gasteiger partial charge is 0.230 e. The minimum Gasteiger partial charge on any atom is -0.435 e. The zero-order chi connectivity index (χ0) is 26.6. The quantitative estimate of drug-likeness (QED) is 0.277. The maximum absolute atomic E-state index is 14.7. The van der Waals surface area contributed by atoms with Gasteiger partial charge in [0.25, 0.3) is 0 Å². The predicted molar refractivity (Wildman–Crippen MR) is 129 cm³/mol. The lowest BCUT2D eigenvalue weighted by atomic mass is 9.93. The van der Waals surface area contributed by atoms with Gasteiger partial charge in [0.05, 0.1) is 24.2 Å². The number of sulfonamides is 1. The van der Waals surface area contributed by atoms with Crippen LogP contribution in [0.15, 0.2) is 36.7 Å². The maximum atomic E-state index is 14.7. The Morgan fingerprint density at radius 2 is 1.95 bits per heavy atom.